The number of ether oxygens (including phenoxy) is 2. The lowest BCUT2D eigenvalue weighted by Crippen LogP contribution is -2.25. The van der Waals surface area contributed by atoms with E-state index in [9.17, 15) is 25.0 Å². The van der Waals surface area contributed by atoms with Crippen molar-refractivity contribution < 1.29 is 34.7 Å². The molecule has 0 radical (unpaired) electrons. The van der Waals surface area contributed by atoms with Crippen LogP contribution in [0, 0.1) is 23.7 Å². The zero-order valence-corrected chi connectivity index (χ0v) is 20.6. The third-order valence-electron chi connectivity index (χ3n) is 6.83. The van der Waals surface area contributed by atoms with Gasteiger partial charge in [0.05, 0.1) is 24.9 Å². The molecule has 2 rings (SSSR count). The quantitative estimate of drug-likeness (QED) is 0.147. The number of carbonyl (C=O) groups excluding carboxylic acids is 1. The van der Waals surface area contributed by atoms with Crippen LogP contribution in [0.2, 0.25) is 0 Å². The Morgan fingerprint density at radius 2 is 1.80 bits per heavy atom. The fraction of sp³-hybridized carbons (Fsp3) is 0.731. The summed E-state index contributed by atoms with van der Waals surface area (Å²) in [6.45, 7) is 1.48. The lowest BCUT2D eigenvalue weighted by molar-refractivity contribution is -0.147. The van der Waals surface area contributed by atoms with Gasteiger partial charge in [0.2, 0.25) is 0 Å². The second-order valence-electron chi connectivity index (χ2n) is 9.58. The largest absolute Gasteiger partial charge is 0.491 e. The normalized spacial score (nSPS) is 23.6. The molecule has 0 saturated heterocycles. The molecule has 6 atom stereocenters. The smallest absolute Gasteiger partial charge is 0.305 e. The summed E-state index contributed by atoms with van der Waals surface area (Å²) in [5.74, 6) is 0.244. The average Bonchev–Trinajstić information content (AvgIpc) is 3.16. The molecular weight excluding hydrogens is 454 g/mol. The monoisotopic (exact) mass is 495 g/mol. The van der Waals surface area contributed by atoms with Gasteiger partial charge >= 0.3 is 5.97 Å². The second kappa shape index (κ2) is 15.8. The number of rotatable bonds is 17. The average molecular weight is 496 g/mol. The third kappa shape index (κ3) is 10.2. The van der Waals surface area contributed by atoms with Crippen LogP contribution in [0.1, 0.15) is 63.4 Å². The van der Waals surface area contributed by atoms with Crippen LogP contribution < -0.4 is 4.74 Å². The molecule has 1 fully saturated rings. The lowest BCUT2D eigenvalue weighted by atomic mass is 9.84. The predicted molar refractivity (Wildman–Crippen MR) is 131 cm³/mol. The van der Waals surface area contributed by atoms with Gasteiger partial charge in [-0.05, 0) is 62.5 Å². The molecule has 0 spiro atoms. The Hall–Kier alpha value is -2.07. The van der Waals surface area contributed by atoms with Crippen LogP contribution in [0.4, 0.5) is 0 Å². The molecule has 0 bridgehead atoms. The summed E-state index contributed by atoms with van der Waals surface area (Å²) in [5.41, 5.74) is 1.00. The number of aliphatic hydroxyl groups is 4. The Bertz CT molecular complexity index is 761. The Balaban J connectivity index is 1.69. The van der Waals surface area contributed by atoms with Crippen molar-refractivity contribution in [3.8, 4) is 5.75 Å². The first-order chi connectivity index (χ1) is 16.8. The molecule has 0 heterocycles. The minimum absolute atomic E-state index is 0.0351. The van der Waals surface area contributed by atoms with Crippen molar-refractivity contribution in [3.63, 3.8) is 0 Å². The molecule has 0 aromatic heterocycles. The summed E-state index contributed by atoms with van der Waals surface area (Å²) in [4.78, 5) is 23.0. The molecule has 9 heteroatoms. The van der Waals surface area contributed by atoms with Crippen LogP contribution in [-0.4, -0.2) is 70.6 Å². The highest BCUT2D eigenvalue weighted by atomic mass is 16.5. The SMILES string of the molecule is Cc1ccccc1OC[C@H](O)CC[C@H]1C(N=O)C[C@H](O)[C@@H]1CCCCCCC(=O)OCC(O)CO. The van der Waals surface area contributed by atoms with Crippen molar-refractivity contribution in [3.05, 3.63) is 34.7 Å². The highest BCUT2D eigenvalue weighted by molar-refractivity contribution is 5.69. The Morgan fingerprint density at radius 3 is 2.51 bits per heavy atom. The van der Waals surface area contributed by atoms with E-state index in [-0.39, 0.29) is 31.5 Å². The van der Waals surface area contributed by atoms with Gasteiger partial charge in [-0.2, -0.15) is 4.91 Å². The van der Waals surface area contributed by atoms with E-state index in [1.54, 1.807) is 0 Å². The van der Waals surface area contributed by atoms with E-state index in [1.807, 2.05) is 31.2 Å². The predicted octanol–water partition coefficient (Wildman–Crippen LogP) is 2.88. The van der Waals surface area contributed by atoms with Crippen LogP contribution in [0.25, 0.3) is 0 Å². The molecule has 2 unspecified atom stereocenters. The van der Waals surface area contributed by atoms with E-state index in [4.69, 9.17) is 14.6 Å². The molecule has 1 aliphatic rings. The zero-order chi connectivity index (χ0) is 25.6. The van der Waals surface area contributed by atoms with Gasteiger partial charge in [-0.25, -0.2) is 0 Å². The molecule has 4 N–H and O–H groups in total. The lowest BCUT2D eigenvalue weighted by Gasteiger charge is -2.24. The second-order valence-corrected chi connectivity index (χ2v) is 9.58. The van der Waals surface area contributed by atoms with Crippen molar-refractivity contribution in [2.75, 3.05) is 19.8 Å². The van der Waals surface area contributed by atoms with Crippen LogP contribution >= 0.6 is 0 Å². The van der Waals surface area contributed by atoms with E-state index in [0.717, 1.165) is 37.0 Å². The van der Waals surface area contributed by atoms with Gasteiger partial charge in [-0.1, -0.05) is 42.6 Å². The van der Waals surface area contributed by atoms with Gasteiger partial charge in [0.25, 0.3) is 0 Å². The number of hydrogen-bond donors (Lipinski definition) is 4. The molecule has 1 aliphatic carbocycles. The van der Waals surface area contributed by atoms with E-state index in [0.29, 0.717) is 25.7 Å². The number of hydrogen-bond acceptors (Lipinski definition) is 9. The summed E-state index contributed by atoms with van der Waals surface area (Å²) in [7, 11) is 0. The standard InChI is InChI=1S/C26H41NO8/c1-18-8-6-7-10-25(18)34-16-19(29)12-13-21-22(24(31)14-23(21)27-33)9-4-2-3-5-11-26(32)35-17-20(30)15-28/h6-8,10,19-24,28-31H,2-5,9,11-17H2,1H3/t19-,20?,21-,22-,23?,24+/m1/s1. The maximum absolute atomic E-state index is 11.6. The molecule has 0 aliphatic heterocycles. The minimum atomic E-state index is -1.05. The molecule has 9 nitrogen and oxygen atoms in total. The number of aryl methyl sites for hydroxylation is 1. The fourth-order valence-corrected chi connectivity index (χ4v) is 4.79. The molecule has 1 saturated carbocycles. The van der Waals surface area contributed by atoms with E-state index >= 15 is 0 Å². The van der Waals surface area contributed by atoms with Gasteiger partial charge in [-0.3, -0.25) is 4.79 Å². The molecule has 0 amide bonds. The first-order valence-electron chi connectivity index (χ1n) is 12.7. The number of nitrogens with zero attached hydrogens (tertiary/aromatic N) is 1. The maximum atomic E-state index is 11.6. The number of carbonyl (C=O) groups is 1. The van der Waals surface area contributed by atoms with Crippen LogP contribution in [-0.2, 0) is 9.53 Å². The van der Waals surface area contributed by atoms with Crippen molar-refractivity contribution >= 4 is 5.97 Å². The summed E-state index contributed by atoms with van der Waals surface area (Å²) in [6, 6.07) is 7.18. The van der Waals surface area contributed by atoms with Crippen molar-refractivity contribution in [2.24, 2.45) is 17.0 Å². The van der Waals surface area contributed by atoms with Crippen molar-refractivity contribution in [2.45, 2.75) is 89.1 Å². The summed E-state index contributed by atoms with van der Waals surface area (Å²) < 4.78 is 10.6. The summed E-state index contributed by atoms with van der Waals surface area (Å²) >= 11 is 0. The fourth-order valence-electron chi connectivity index (χ4n) is 4.79. The van der Waals surface area contributed by atoms with E-state index in [1.165, 1.54) is 0 Å². The van der Waals surface area contributed by atoms with Crippen molar-refractivity contribution in [1.82, 2.24) is 0 Å². The maximum Gasteiger partial charge on any atom is 0.305 e. The molecule has 198 valence electrons. The summed E-state index contributed by atoms with van der Waals surface area (Å²) in [5, 5.41) is 42.1. The highest BCUT2D eigenvalue weighted by Crippen LogP contribution is 2.40. The number of benzene rings is 1. The number of para-hydroxylation sites is 1. The van der Waals surface area contributed by atoms with Crippen LogP contribution in [0.3, 0.4) is 0 Å². The van der Waals surface area contributed by atoms with Gasteiger partial charge < -0.3 is 29.9 Å². The van der Waals surface area contributed by atoms with Gasteiger partial charge in [0, 0.05) is 6.42 Å². The van der Waals surface area contributed by atoms with Gasteiger partial charge in [0.15, 0.2) is 0 Å². The molecule has 35 heavy (non-hydrogen) atoms. The minimum Gasteiger partial charge on any atom is -0.491 e. The number of unbranched alkanes of at least 4 members (excludes halogenated alkanes) is 3. The summed E-state index contributed by atoms with van der Waals surface area (Å²) in [6.07, 6.45) is 3.40. The highest BCUT2D eigenvalue weighted by Gasteiger charge is 2.42. The van der Waals surface area contributed by atoms with Crippen LogP contribution in [0.5, 0.6) is 5.75 Å². The van der Waals surface area contributed by atoms with E-state index < -0.39 is 36.9 Å². The van der Waals surface area contributed by atoms with Crippen LogP contribution in [0.15, 0.2) is 29.4 Å². The number of aliphatic hydroxyl groups excluding tert-OH is 4. The number of nitroso groups, excluding NO2 is 1. The third-order valence-corrected chi connectivity index (χ3v) is 6.83. The Labute approximate surface area is 207 Å². The van der Waals surface area contributed by atoms with Crippen molar-refractivity contribution in [1.29, 1.82) is 0 Å². The number of esters is 1. The van der Waals surface area contributed by atoms with Gasteiger partial charge in [-0.15, -0.1) is 0 Å². The Kier molecular flexibility index (Phi) is 13.2. The molecule has 1 aromatic carbocycles. The zero-order valence-electron chi connectivity index (χ0n) is 20.6. The van der Waals surface area contributed by atoms with Gasteiger partial charge in [0.1, 0.15) is 25.1 Å². The molecular formula is C26H41NO8. The topological polar surface area (TPSA) is 146 Å². The first-order valence-corrected chi connectivity index (χ1v) is 12.7. The van der Waals surface area contributed by atoms with E-state index in [2.05, 4.69) is 5.18 Å². The molecule has 1 aromatic rings. The Morgan fingerprint density at radius 1 is 1.06 bits per heavy atom. The first kappa shape index (κ1) is 29.2.